The Morgan fingerprint density at radius 1 is 1.44 bits per heavy atom. The van der Waals surface area contributed by atoms with Crippen molar-refractivity contribution in [1.29, 1.82) is 0 Å². The van der Waals surface area contributed by atoms with Crippen LogP contribution in [0.3, 0.4) is 0 Å². The molecule has 2 nitrogen and oxygen atoms in total. The van der Waals surface area contributed by atoms with E-state index in [2.05, 4.69) is 4.52 Å². The summed E-state index contributed by atoms with van der Waals surface area (Å²) in [6, 6.07) is 0. The molecule has 0 heterocycles. The van der Waals surface area contributed by atoms with Crippen LogP contribution < -0.4 is 0 Å². The predicted molar refractivity (Wildman–Crippen MR) is 41.1 cm³/mol. The molecular weight excluding hydrogens is 229 g/mol. The van der Waals surface area contributed by atoms with Crippen molar-refractivity contribution in [3.05, 3.63) is 0 Å². The Balaban J connectivity index is 3.39. The maximum absolute atomic E-state index is 10.0. The first kappa shape index (κ1) is 10.3. The Morgan fingerprint density at radius 2 is 1.89 bits per heavy atom. The van der Waals surface area contributed by atoms with E-state index in [1.165, 1.54) is 0 Å². The van der Waals surface area contributed by atoms with E-state index in [-0.39, 0.29) is 6.61 Å². The van der Waals surface area contributed by atoms with Gasteiger partial charge in [0.1, 0.15) is 6.61 Å². The Kier molecular flexibility index (Phi) is 4.92. The fourth-order valence-corrected chi connectivity index (χ4v) is 1.07. The van der Waals surface area contributed by atoms with Crippen molar-refractivity contribution in [2.45, 2.75) is 3.79 Å². The van der Waals surface area contributed by atoms with Crippen LogP contribution in [0.5, 0.6) is 0 Å². The number of halogens is 4. The normalized spacial score (nSPS) is 15.6. The van der Waals surface area contributed by atoms with E-state index in [1.54, 1.807) is 0 Å². The van der Waals surface area contributed by atoms with Crippen molar-refractivity contribution >= 4 is 53.4 Å². The first-order valence-electron chi connectivity index (χ1n) is 1.81. The van der Waals surface area contributed by atoms with Crippen LogP contribution in [-0.4, -0.2) is 10.4 Å². The molecule has 0 saturated heterocycles. The van der Waals surface area contributed by atoms with Crippen LogP contribution in [0, 0.1) is 0 Å². The van der Waals surface area contributed by atoms with Crippen LogP contribution in [0.2, 0.25) is 0 Å². The van der Waals surface area contributed by atoms with E-state index >= 15 is 0 Å². The summed E-state index contributed by atoms with van der Waals surface area (Å²) < 4.78 is 12.8. The Morgan fingerprint density at radius 3 is 2.00 bits per heavy atom. The van der Waals surface area contributed by atoms with E-state index in [1.807, 2.05) is 0 Å². The second-order valence-corrected chi connectivity index (χ2v) is 5.35. The average molecular weight is 232 g/mol. The maximum atomic E-state index is 10.0. The van der Waals surface area contributed by atoms with Gasteiger partial charge in [-0.1, -0.05) is 34.8 Å². The van der Waals surface area contributed by atoms with Gasteiger partial charge in [-0.25, -0.2) is 0 Å². The Hall–Kier alpha value is 1.35. The summed E-state index contributed by atoms with van der Waals surface area (Å²) in [5, 5.41) is 0. The molecule has 1 atom stereocenters. The van der Waals surface area contributed by atoms with Gasteiger partial charge >= 0.3 is 0 Å². The van der Waals surface area contributed by atoms with Crippen LogP contribution in [0.4, 0.5) is 0 Å². The van der Waals surface area contributed by atoms with Gasteiger partial charge in [-0.2, -0.15) is 0 Å². The van der Waals surface area contributed by atoms with Gasteiger partial charge in [0, 0.05) is 0 Å². The fourth-order valence-electron chi connectivity index (χ4n) is 0.139. The molecule has 9 heavy (non-hydrogen) atoms. The molecule has 0 radical (unpaired) electrons. The molecule has 0 fully saturated rings. The molecule has 0 N–H and O–H groups in total. The summed E-state index contributed by atoms with van der Waals surface area (Å²) in [4.78, 5) is 0. The van der Waals surface area contributed by atoms with Gasteiger partial charge in [0.05, 0.1) is 0 Å². The molecule has 0 saturated carbocycles. The lowest BCUT2D eigenvalue weighted by molar-refractivity contribution is 0.346. The molecule has 0 bridgehead atoms. The van der Waals surface area contributed by atoms with Gasteiger partial charge in [-0.3, -0.25) is 4.57 Å². The van der Waals surface area contributed by atoms with Crippen molar-refractivity contribution < 1.29 is 9.09 Å². The summed E-state index contributed by atoms with van der Waals surface area (Å²) in [7, 11) is -2.50. The summed E-state index contributed by atoms with van der Waals surface area (Å²) >= 11 is 20.5. The second-order valence-electron chi connectivity index (χ2n) is 1.14. The second kappa shape index (κ2) is 4.27. The maximum Gasteiger partial charge on any atom is 0.278 e. The number of alkyl halides is 3. The van der Waals surface area contributed by atoms with E-state index in [0.717, 1.165) is 0 Å². The van der Waals surface area contributed by atoms with Crippen molar-refractivity contribution in [2.75, 3.05) is 6.61 Å². The molecular formula is C2H3Cl4O2P. The van der Waals surface area contributed by atoms with Gasteiger partial charge in [0.2, 0.25) is 3.79 Å². The Bertz CT molecular complexity index is 110. The molecule has 0 spiro atoms. The monoisotopic (exact) mass is 230 g/mol. The standard InChI is InChI=1S/C2H3Cl4O2P/c3-2(4,5)1-8-9(6)7/h9H,1H2. The molecule has 0 aliphatic rings. The van der Waals surface area contributed by atoms with Gasteiger partial charge in [0.15, 0.2) is 0 Å². The molecule has 0 aromatic rings. The quantitative estimate of drug-likeness (QED) is 0.540. The Labute approximate surface area is 73.0 Å². The van der Waals surface area contributed by atoms with Gasteiger partial charge in [-0.15, -0.1) is 0 Å². The third-order valence-electron chi connectivity index (χ3n) is 0.349. The SMILES string of the molecule is O=[PH](Cl)OCC(Cl)(Cl)Cl. The van der Waals surface area contributed by atoms with E-state index in [9.17, 15) is 4.57 Å². The molecule has 0 aliphatic heterocycles. The lowest BCUT2D eigenvalue weighted by atomic mass is 10.9. The van der Waals surface area contributed by atoms with Gasteiger partial charge in [0.25, 0.3) is 7.38 Å². The molecule has 0 aromatic heterocycles. The van der Waals surface area contributed by atoms with Crippen LogP contribution in [-0.2, 0) is 9.09 Å². The third kappa shape index (κ3) is 9.35. The molecule has 7 heteroatoms. The number of hydrogen-bond acceptors (Lipinski definition) is 2. The van der Waals surface area contributed by atoms with Crippen LogP contribution in [0.25, 0.3) is 0 Å². The minimum atomic E-state index is -2.50. The topological polar surface area (TPSA) is 26.3 Å². The van der Waals surface area contributed by atoms with Gasteiger partial charge in [-0.05, 0) is 11.2 Å². The smallest absolute Gasteiger partial charge is 0.278 e. The minimum absolute atomic E-state index is 0.251. The average Bonchev–Trinajstić information content (AvgIpc) is 1.59. The van der Waals surface area contributed by atoms with E-state index in [0.29, 0.717) is 0 Å². The summed E-state index contributed by atoms with van der Waals surface area (Å²) in [6.45, 7) is -0.251. The first-order chi connectivity index (χ1) is 3.92. The van der Waals surface area contributed by atoms with Crippen molar-refractivity contribution in [2.24, 2.45) is 0 Å². The third-order valence-corrected chi connectivity index (χ3v) is 1.38. The number of rotatable bonds is 2. The van der Waals surface area contributed by atoms with Crippen molar-refractivity contribution in [3.8, 4) is 0 Å². The molecule has 56 valence electrons. The van der Waals surface area contributed by atoms with Crippen LogP contribution in [0.15, 0.2) is 0 Å². The minimum Gasteiger partial charge on any atom is -0.315 e. The predicted octanol–water partition coefficient (Wildman–Crippen LogP) is 3.00. The largest absolute Gasteiger partial charge is 0.315 e. The fraction of sp³-hybridized carbons (Fsp3) is 1.00. The highest BCUT2D eigenvalue weighted by molar-refractivity contribution is 7.69. The van der Waals surface area contributed by atoms with Gasteiger partial charge < -0.3 is 4.52 Å². The van der Waals surface area contributed by atoms with E-state index in [4.69, 9.17) is 46.0 Å². The first-order valence-corrected chi connectivity index (χ1v) is 5.27. The van der Waals surface area contributed by atoms with Crippen molar-refractivity contribution in [3.63, 3.8) is 0 Å². The van der Waals surface area contributed by atoms with Crippen molar-refractivity contribution in [1.82, 2.24) is 0 Å². The molecule has 0 amide bonds. The molecule has 0 aromatic carbocycles. The lowest BCUT2D eigenvalue weighted by Gasteiger charge is -2.07. The summed E-state index contributed by atoms with van der Waals surface area (Å²) in [5.74, 6) is 0. The highest BCUT2D eigenvalue weighted by Crippen LogP contribution is 2.34. The molecule has 1 unspecified atom stereocenters. The summed E-state index contributed by atoms with van der Waals surface area (Å²) in [5.41, 5.74) is 0. The highest BCUT2D eigenvalue weighted by atomic mass is 35.7. The zero-order valence-electron chi connectivity index (χ0n) is 4.04. The highest BCUT2D eigenvalue weighted by Gasteiger charge is 2.20. The number of hydrogen-bond donors (Lipinski definition) is 0. The molecule has 0 rings (SSSR count). The van der Waals surface area contributed by atoms with Crippen LogP contribution in [0.1, 0.15) is 0 Å². The van der Waals surface area contributed by atoms with E-state index < -0.39 is 11.2 Å². The lowest BCUT2D eigenvalue weighted by Crippen LogP contribution is -2.08. The zero-order chi connectivity index (χ0) is 7.49. The zero-order valence-corrected chi connectivity index (χ0v) is 8.06. The molecule has 0 aliphatic carbocycles. The van der Waals surface area contributed by atoms with Crippen LogP contribution >= 0.6 is 53.4 Å². The summed E-state index contributed by atoms with van der Waals surface area (Å²) in [6.07, 6.45) is 0.